The first-order valence-corrected chi connectivity index (χ1v) is 11.2. The van der Waals surface area contributed by atoms with E-state index in [9.17, 15) is 42.7 Å². The quantitative estimate of drug-likeness (QED) is 0.249. The van der Waals surface area contributed by atoms with E-state index in [2.05, 4.69) is 20.7 Å². The lowest BCUT2D eigenvalue weighted by Crippen LogP contribution is -2.39. The number of nitrogens with zero attached hydrogens (tertiary/aromatic N) is 1. The van der Waals surface area contributed by atoms with Gasteiger partial charge >= 0.3 is 6.36 Å². The molecule has 1 aromatic carbocycles. The number of imide groups is 1. The van der Waals surface area contributed by atoms with Crippen molar-refractivity contribution in [2.75, 3.05) is 0 Å². The lowest BCUT2D eigenvalue weighted by Gasteiger charge is -2.42. The molecule has 0 spiro atoms. The van der Waals surface area contributed by atoms with Crippen LogP contribution in [0.5, 0.6) is 11.5 Å². The molecule has 2 amide bonds. The molecule has 0 bridgehead atoms. The van der Waals surface area contributed by atoms with Gasteiger partial charge in [0.05, 0.1) is 16.3 Å². The van der Waals surface area contributed by atoms with Crippen molar-refractivity contribution < 1.29 is 47.4 Å². The Morgan fingerprint density at radius 3 is 2.49 bits per heavy atom. The van der Waals surface area contributed by atoms with Crippen molar-refractivity contribution in [3.05, 3.63) is 57.1 Å². The van der Waals surface area contributed by atoms with E-state index in [0.29, 0.717) is 5.57 Å². The molecule has 4 atom stereocenters. The van der Waals surface area contributed by atoms with E-state index in [4.69, 9.17) is 0 Å². The molecule has 2 N–H and O–H groups in total. The monoisotopic (exact) mass is 553 g/mol. The minimum absolute atomic E-state index is 0.0235. The number of hydrogen-bond donors (Lipinski definition) is 2. The van der Waals surface area contributed by atoms with Crippen molar-refractivity contribution in [1.29, 1.82) is 0 Å². The van der Waals surface area contributed by atoms with Crippen molar-refractivity contribution in [3.63, 3.8) is 0 Å². The highest BCUT2D eigenvalue weighted by atomic mass is 79.9. The number of ether oxygens (including phenoxy) is 1. The molecule has 0 aromatic heterocycles. The average Bonchev–Trinajstić information content (AvgIpc) is 3.00. The Kier molecular flexibility index (Phi) is 5.29. The third-order valence-corrected chi connectivity index (χ3v) is 7.44. The molecule has 1 aromatic rings. The molecule has 182 valence electrons. The van der Waals surface area contributed by atoms with E-state index in [1.54, 1.807) is 6.08 Å². The highest BCUT2D eigenvalue weighted by Crippen LogP contribution is 2.56. The molecular formula is C23H15BrF3NO7. The number of ketones is 2. The zero-order valence-electron chi connectivity index (χ0n) is 17.5. The molecule has 1 heterocycles. The number of allylic oxidation sites excluding steroid dienone is 6. The number of aromatic hydroxyl groups is 1. The minimum Gasteiger partial charge on any atom is -0.508 e. The summed E-state index contributed by atoms with van der Waals surface area (Å²) in [7, 11) is 0. The van der Waals surface area contributed by atoms with Gasteiger partial charge in [-0.1, -0.05) is 11.6 Å². The molecule has 1 fully saturated rings. The molecular weight excluding hydrogens is 539 g/mol. The second-order valence-corrected chi connectivity index (χ2v) is 9.50. The van der Waals surface area contributed by atoms with Gasteiger partial charge in [-0.25, -0.2) is 0 Å². The van der Waals surface area contributed by atoms with E-state index in [-0.39, 0.29) is 39.1 Å². The maximum Gasteiger partial charge on any atom is 0.573 e. The van der Waals surface area contributed by atoms with E-state index in [1.807, 2.05) is 0 Å². The molecule has 1 saturated heterocycles. The van der Waals surface area contributed by atoms with Crippen LogP contribution in [0.25, 0.3) is 0 Å². The fourth-order valence-electron chi connectivity index (χ4n) is 5.51. The summed E-state index contributed by atoms with van der Waals surface area (Å²) in [5, 5.41) is 20.6. The number of hydroxylamine groups is 2. The third-order valence-electron chi connectivity index (χ3n) is 6.85. The van der Waals surface area contributed by atoms with Crippen LogP contribution >= 0.6 is 15.9 Å². The number of hydrogen-bond acceptors (Lipinski definition) is 7. The summed E-state index contributed by atoms with van der Waals surface area (Å²) in [5.41, 5.74) is 0.263. The fourth-order valence-corrected chi connectivity index (χ4v) is 5.95. The predicted octanol–water partition coefficient (Wildman–Crippen LogP) is 3.44. The smallest absolute Gasteiger partial charge is 0.508 e. The summed E-state index contributed by atoms with van der Waals surface area (Å²) in [6.45, 7) is 0. The summed E-state index contributed by atoms with van der Waals surface area (Å²) >= 11 is 3.05. The van der Waals surface area contributed by atoms with Crippen molar-refractivity contribution in [1.82, 2.24) is 5.06 Å². The Hall–Kier alpha value is -3.25. The molecule has 5 rings (SSSR count). The number of Topliss-reactive ketones (excluding diaryl/α,β-unsaturated/α-hetero) is 1. The SMILES string of the molecule is O=C1C=C(Br)C(=O)C2=C1[C@@H](c1cc(OC(F)(F)F)ccc1O)C1=CC[C@@H]3C(=O)N(O)C(=O)[C@@H]3[C@@H]1C2. The normalized spacial score (nSPS) is 28.4. The molecule has 8 nitrogen and oxygen atoms in total. The van der Waals surface area contributed by atoms with E-state index >= 15 is 0 Å². The molecule has 0 radical (unpaired) electrons. The lowest BCUT2D eigenvalue weighted by molar-refractivity contribution is -0.274. The second kappa shape index (κ2) is 7.89. The van der Waals surface area contributed by atoms with Gasteiger partial charge in [-0.2, -0.15) is 5.06 Å². The molecule has 35 heavy (non-hydrogen) atoms. The van der Waals surface area contributed by atoms with E-state index in [1.165, 1.54) is 0 Å². The number of phenolic OH excluding ortho intramolecular Hbond substituents is 1. The molecule has 3 aliphatic carbocycles. The van der Waals surface area contributed by atoms with Gasteiger partial charge in [0, 0.05) is 28.7 Å². The molecule has 1 aliphatic heterocycles. The Bertz CT molecular complexity index is 1310. The minimum atomic E-state index is -5.02. The van der Waals surface area contributed by atoms with Gasteiger partial charge < -0.3 is 9.84 Å². The Morgan fingerprint density at radius 2 is 1.80 bits per heavy atom. The third kappa shape index (κ3) is 3.62. The van der Waals surface area contributed by atoms with Crippen molar-refractivity contribution in [2.24, 2.45) is 17.8 Å². The van der Waals surface area contributed by atoms with Gasteiger partial charge in [0.15, 0.2) is 11.6 Å². The number of halogens is 4. The maximum absolute atomic E-state index is 13.1. The van der Waals surface area contributed by atoms with Crippen LogP contribution < -0.4 is 4.74 Å². The van der Waals surface area contributed by atoms with Crippen molar-refractivity contribution in [2.45, 2.75) is 25.1 Å². The summed E-state index contributed by atoms with van der Waals surface area (Å²) in [6.07, 6.45) is -2.45. The number of rotatable bonds is 2. The first kappa shape index (κ1) is 23.5. The van der Waals surface area contributed by atoms with Crippen molar-refractivity contribution >= 4 is 39.3 Å². The number of carbonyl (C=O) groups excluding carboxylic acids is 4. The molecule has 0 unspecified atom stereocenters. The predicted molar refractivity (Wildman–Crippen MR) is 113 cm³/mol. The van der Waals surface area contributed by atoms with Crippen LogP contribution in [-0.4, -0.2) is 45.1 Å². The highest BCUT2D eigenvalue weighted by molar-refractivity contribution is 9.12. The topological polar surface area (TPSA) is 121 Å². The number of benzene rings is 1. The van der Waals surface area contributed by atoms with Gasteiger partial charge in [-0.3, -0.25) is 24.4 Å². The zero-order valence-corrected chi connectivity index (χ0v) is 19.1. The summed E-state index contributed by atoms with van der Waals surface area (Å²) in [5.74, 6) is -7.79. The van der Waals surface area contributed by atoms with Crippen LogP contribution in [0.2, 0.25) is 0 Å². The van der Waals surface area contributed by atoms with Crippen molar-refractivity contribution in [3.8, 4) is 11.5 Å². The number of fused-ring (bicyclic) bond motifs is 3. The van der Waals surface area contributed by atoms with Crippen LogP contribution in [0.4, 0.5) is 13.2 Å². The number of amides is 2. The zero-order chi connectivity index (χ0) is 25.4. The van der Waals surface area contributed by atoms with Gasteiger partial charge in [-0.05, 0) is 52.9 Å². The second-order valence-electron chi connectivity index (χ2n) is 8.65. The largest absolute Gasteiger partial charge is 0.573 e. The van der Waals surface area contributed by atoms with Crippen LogP contribution in [0, 0.1) is 17.8 Å². The Balaban J connectivity index is 1.71. The van der Waals surface area contributed by atoms with Gasteiger partial charge in [-0.15, -0.1) is 13.2 Å². The molecule has 4 aliphatic rings. The van der Waals surface area contributed by atoms with E-state index < -0.39 is 64.9 Å². The number of phenols is 1. The first-order chi connectivity index (χ1) is 16.4. The Labute approximate surface area is 203 Å². The van der Waals surface area contributed by atoms with Crippen LogP contribution in [0.15, 0.2) is 51.6 Å². The average molecular weight is 554 g/mol. The standard InChI is InChI=1S/C23H15BrF3NO7/c24-14-7-16(30)19-13(20(14)31)6-11-9(2-3-10-18(11)22(33)28(34)21(10)32)17(19)12-5-8(1-4-15(12)29)35-23(25,26)27/h1-2,4-5,7,10-11,17-18,29,34H,3,6H2/t10-,11+,17+,18-/m0/s1. The number of carbonyl (C=O) groups is 4. The molecule has 12 heteroatoms. The number of alkyl halides is 3. The maximum atomic E-state index is 13.1. The highest BCUT2D eigenvalue weighted by Gasteiger charge is 2.56. The van der Waals surface area contributed by atoms with Gasteiger partial charge in [0.25, 0.3) is 11.8 Å². The Morgan fingerprint density at radius 1 is 1.09 bits per heavy atom. The van der Waals surface area contributed by atoms with Crippen LogP contribution in [-0.2, 0) is 19.2 Å². The van der Waals surface area contributed by atoms with Crippen LogP contribution in [0.1, 0.15) is 24.3 Å². The fraction of sp³-hybridized carbons (Fsp3) is 0.304. The van der Waals surface area contributed by atoms with Gasteiger partial charge in [0.1, 0.15) is 11.5 Å². The molecule has 0 saturated carbocycles. The summed E-state index contributed by atoms with van der Waals surface area (Å²) in [4.78, 5) is 51.2. The van der Waals surface area contributed by atoms with E-state index in [0.717, 1.165) is 24.3 Å². The first-order valence-electron chi connectivity index (χ1n) is 10.4. The van der Waals surface area contributed by atoms with Gasteiger partial charge in [0.2, 0.25) is 0 Å². The lowest BCUT2D eigenvalue weighted by atomic mass is 9.59. The summed E-state index contributed by atoms with van der Waals surface area (Å²) < 4.78 is 42.5. The van der Waals surface area contributed by atoms with Crippen LogP contribution in [0.3, 0.4) is 0 Å². The summed E-state index contributed by atoms with van der Waals surface area (Å²) in [6, 6.07) is 2.81.